The molecule has 150 valence electrons. The predicted octanol–water partition coefficient (Wildman–Crippen LogP) is 4.10. The zero-order chi connectivity index (χ0) is 20.1. The maximum Gasteiger partial charge on any atom is 0.255 e. The zero-order valence-corrected chi connectivity index (χ0v) is 17.0. The summed E-state index contributed by atoms with van der Waals surface area (Å²) >= 11 is 0. The molecule has 1 aromatic heterocycles. The maximum absolute atomic E-state index is 12.6. The van der Waals surface area contributed by atoms with Crippen molar-refractivity contribution in [2.75, 3.05) is 13.1 Å². The number of hydrogen-bond acceptors (Lipinski definition) is 3. The van der Waals surface area contributed by atoms with E-state index >= 15 is 0 Å². The summed E-state index contributed by atoms with van der Waals surface area (Å²) in [5.41, 5.74) is 4.84. The van der Waals surface area contributed by atoms with Gasteiger partial charge in [0, 0.05) is 13.1 Å². The summed E-state index contributed by atoms with van der Waals surface area (Å²) in [5.74, 6) is -0.0953. The topological polar surface area (TPSA) is 50.2 Å². The van der Waals surface area contributed by atoms with E-state index in [0.29, 0.717) is 12.1 Å². The number of carbonyl (C=O) groups is 1. The number of nitrogens with zero attached hydrogens (tertiary/aromatic N) is 3. The Labute approximate surface area is 172 Å². The number of rotatable bonds is 6. The maximum atomic E-state index is 12.6. The van der Waals surface area contributed by atoms with Crippen molar-refractivity contribution in [3.8, 4) is 5.69 Å². The second kappa shape index (κ2) is 9.05. The summed E-state index contributed by atoms with van der Waals surface area (Å²) in [4.78, 5) is 15.2. The lowest BCUT2D eigenvalue weighted by molar-refractivity contribution is 0.0950. The largest absolute Gasteiger partial charge is 0.348 e. The highest BCUT2D eigenvalue weighted by atomic mass is 16.1. The number of amides is 1. The lowest BCUT2D eigenvalue weighted by atomic mass is 10.1. The molecule has 1 aliphatic heterocycles. The van der Waals surface area contributed by atoms with Gasteiger partial charge in [0.25, 0.3) is 5.91 Å². The van der Waals surface area contributed by atoms with Crippen molar-refractivity contribution >= 4 is 5.91 Å². The highest BCUT2D eigenvalue weighted by molar-refractivity contribution is 5.95. The second-order valence-electron chi connectivity index (χ2n) is 7.73. The molecule has 29 heavy (non-hydrogen) atoms. The van der Waals surface area contributed by atoms with Crippen molar-refractivity contribution in [3.05, 3.63) is 83.2 Å². The molecule has 1 saturated heterocycles. The Morgan fingerprint density at radius 3 is 2.38 bits per heavy atom. The van der Waals surface area contributed by atoms with Gasteiger partial charge in [0.2, 0.25) is 0 Å². The summed E-state index contributed by atoms with van der Waals surface area (Å²) in [7, 11) is 0. The Bertz CT molecular complexity index is 941. The van der Waals surface area contributed by atoms with Crippen molar-refractivity contribution in [3.63, 3.8) is 0 Å². The Hall–Kier alpha value is -2.92. The van der Waals surface area contributed by atoms with E-state index in [0.717, 1.165) is 23.5 Å². The first-order chi connectivity index (χ1) is 14.2. The summed E-state index contributed by atoms with van der Waals surface area (Å²) in [6, 6.07) is 18.4. The molecule has 0 aliphatic carbocycles. The van der Waals surface area contributed by atoms with Gasteiger partial charge in [-0.05, 0) is 56.1 Å². The molecule has 0 saturated carbocycles. The van der Waals surface area contributed by atoms with Gasteiger partial charge in [-0.2, -0.15) is 5.10 Å². The molecule has 0 atom stereocenters. The van der Waals surface area contributed by atoms with Crippen LogP contribution in [0, 0.1) is 6.92 Å². The fraction of sp³-hybridized carbons (Fsp3) is 0.333. The van der Waals surface area contributed by atoms with Gasteiger partial charge in [0.15, 0.2) is 0 Å². The van der Waals surface area contributed by atoms with Crippen LogP contribution >= 0.6 is 0 Å². The van der Waals surface area contributed by atoms with E-state index < -0.39 is 0 Å². The number of piperidine rings is 1. The molecule has 0 radical (unpaired) electrons. The van der Waals surface area contributed by atoms with Gasteiger partial charge >= 0.3 is 0 Å². The molecule has 0 bridgehead atoms. The van der Waals surface area contributed by atoms with E-state index in [9.17, 15) is 4.79 Å². The second-order valence-corrected chi connectivity index (χ2v) is 7.73. The third-order valence-electron chi connectivity index (χ3n) is 5.59. The van der Waals surface area contributed by atoms with Crippen LogP contribution in [0.4, 0.5) is 0 Å². The quantitative estimate of drug-likeness (QED) is 0.692. The number of aromatic nitrogens is 2. The molecule has 3 aromatic rings. The van der Waals surface area contributed by atoms with Gasteiger partial charge in [0.05, 0.1) is 23.1 Å². The third-order valence-corrected chi connectivity index (χ3v) is 5.59. The van der Waals surface area contributed by atoms with Crippen molar-refractivity contribution in [1.82, 2.24) is 20.0 Å². The van der Waals surface area contributed by atoms with Crippen molar-refractivity contribution < 1.29 is 4.79 Å². The number of carbonyl (C=O) groups excluding carboxylic acids is 1. The Morgan fingerprint density at radius 1 is 0.966 bits per heavy atom. The molecule has 5 nitrogen and oxygen atoms in total. The first kappa shape index (κ1) is 19.4. The standard InChI is InChI=1S/C24H28N4O/c1-19-23(17-26-28(19)22-8-4-2-5-9-22)24(29)25-16-20-10-12-21(13-11-20)18-27-14-6-3-7-15-27/h2,4-5,8-13,17H,3,6-7,14-16,18H2,1H3,(H,25,29). The van der Waals surface area contributed by atoms with E-state index in [-0.39, 0.29) is 5.91 Å². The molecule has 0 spiro atoms. The normalized spacial score (nSPS) is 14.7. The monoisotopic (exact) mass is 388 g/mol. The van der Waals surface area contributed by atoms with E-state index in [1.54, 1.807) is 10.9 Å². The van der Waals surface area contributed by atoms with E-state index in [2.05, 4.69) is 39.6 Å². The van der Waals surface area contributed by atoms with Crippen LogP contribution in [0.15, 0.2) is 60.8 Å². The first-order valence-corrected chi connectivity index (χ1v) is 10.4. The van der Waals surface area contributed by atoms with Crippen LogP contribution in [0.2, 0.25) is 0 Å². The lowest BCUT2D eigenvalue weighted by Crippen LogP contribution is -2.29. The van der Waals surface area contributed by atoms with Crippen molar-refractivity contribution in [2.24, 2.45) is 0 Å². The van der Waals surface area contributed by atoms with Crippen LogP contribution in [0.25, 0.3) is 5.69 Å². The van der Waals surface area contributed by atoms with Crippen molar-refractivity contribution in [2.45, 2.75) is 39.3 Å². The smallest absolute Gasteiger partial charge is 0.255 e. The van der Waals surface area contributed by atoms with Crippen LogP contribution in [-0.4, -0.2) is 33.7 Å². The average Bonchev–Trinajstić information content (AvgIpc) is 3.16. The molecule has 4 rings (SSSR count). The van der Waals surface area contributed by atoms with E-state index in [4.69, 9.17) is 0 Å². The fourth-order valence-electron chi connectivity index (χ4n) is 3.88. The number of nitrogens with one attached hydrogen (secondary N) is 1. The molecule has 5 heteroatoms. The van der Waals surface area contributed by atoms with Gasteiger partial charge in [0.1, 0.15) is 0 Å². The Balaban J connectivity index is 1.34. The highest BCUT2D eigenvalue weighted by Crippen LogP contribution is 2.15. The van der Waals surface area contributed by atoms with Crippen LogP contribution in [0.1, 0.15) is 46.4 Å². The highest BCUT2D eigenvalue weighted by Gasteiger charge is 2.15. The van der Waals surface area contributed by atoms with Gasteiger partial charge in [-0.15, -0.1) is 0 Å². The molecule has 1 N–H and O–H groups in total. The molecule has 2 aromatic carbocycles. The molecule has 1 aliphatic rings. The predicted molar refractivity (Wildman–Crippen MR) is 115 cm³/mol. The van der Waals surface area contributed by atoms with E-state index in [1.165, 1.54) is 37.9 Å². The molecule has 1 amide bonds. The summed E-state index contributed by atoms with van der Waals surface area (Å²) in [6.45, 7) is 5.86. The third kappa shape index (κ3) is 4.74. The van der Waals surface area contributed by atoms with Gasteiger partial charge in [-0.3, -0.25) is 9.69 Å². The Morgan fingerprint density at radius 2 is 1.66 bits per heavy atom. The summed E-state index contributed by atoms with van der Waals surface area (Å²) in [6.07, 6.45) is 5.62. The molecule has 0 unspecified atom stereocenters. The minimum atomic E-state index is -0.0953. The van der Waals surface area contributed by atoms with E-state index in [1.807, 2.05) is 37.3 Å². The first-order valence-electron chi connectivity index (χ1n) is 10.4. The molecular formula is C24H28N4O. The number of para-hydroxylation sites is 1. The van der Waals surface area contributed by atoms with Crippen molar-refractivity contribution in [1.29, 1.82) is 0 Å². The lowest BCUT2D eigenvalue weighted by Gasteiger charge is -2.26. The molecular weight excluding hydrogens is 360 g/mol. The van der Waals surface area contributed by atoms with Crippen LogP contribution in [-0.2, 0) is 13.1 Å². The SMILES string of the molecule is Cc1c(C(=O)NCc2ccc(CN3CCCCC3)cc2)cnn1-c1ccccc1. The fourth-order valence-corrected chi connectivity index (χ4v) is 3.88. The van der Waals surface area contributed by atoms with Gasteiger partial charge in [-0.1, -0.05) is 48.9 Å². The average molecular weight is 389 g/mol. The number of benzene rings is 2. The van der Waals surface area contributed by atoms with Crippen LogP contribution in [0.3, 0.4) is 0 Å². The minimum absolute atomic E-state index is 0.0953. The summed E-state index contributed by atoms with van der Waals surface area (Å²) < 4.78 is 1.80. The van der Waals surface area contributed by atoms with Gasteiger partial charge in [-0.25, -0.2) is 4.68 Å². The Kier molecular flexibility index (Phi) is 6.06. The minimum Gasteiger partial charge on any atom is -0.348 e. The number of likely N-dealkylation sites (tertiary alicyclic amines) is 1. The zero-order valence-electron chi connectivity index (χ0n) is 17.0. The van der Waals surface area contributed by atoms with Crippen LogP contribution < -0.4 is 5.32 Å². The molecule has 1 fully saturated rings. The van der Waals surface area contributed by atoms with Gasteiger partial charge < -0.3 is 5.32 Å². The summed E-state index contributed by atoms with van der Waals surface area (Å²) in [5, 5.41) is 7.40. The number of hydrogen-bond donors (Lipinski definition) is 1. The molecule has 2 heterocycles. The van der Waals surface area contributed by atoms with Crippen LogP contribution in [0.5, 0.6) is 0 Å².